The summed E-state index contributed by atoms with van der Waals surface area (Å²) in [7, 11) is 1.42. The highest BCUT2D eigenvalue weighted by Gasteiger charge is 2.29. The van der Waals surface area contributed by atoms with Gasteiger partial charge in [-0.05, 0) is 37.1 Å². The Morgan fingerprint density at radius 3 is 2.48 bits per heavy atom. The van der Waals surface area contributed by atoms with Gasteiger partial charge in [0.1, 0.15) is 17.1 Å². The molecule has 29 heavy (non-hydrogen) atoms. The zero-order chi connectivity index (χ0) is 21.0. The monoisotopic (exact) mass is 401 g/mol. The molecule has 2 amide bonds. The number of halogens is 1. The smallest absolute Gasteiger partial charge is 0.282 e. The predicted octanol–water partition coefficient (Wildman–Crippen LogP) is 2.78. The average molecular weight is 401 g/mol. The number of nitro benzene ring substituents is 1. The first kappa shape index (κ1) is 20.2. The largest absolute Gasteiger partial charge is 0.497 e. The van der Waals surface area contributed by atoms with E-state index in [-0.39, 0.29) is 22.9 Å². The second-order valence-corrected chi connectivity index (χ2v) is 6.66. The summed E-state index contributed by atoms with van der Waals surface area (Å²) in [4.78, 5) is 37.2. The van der Waals surface area contributed by atoms with Crippen molar-refractivity contribution >= 4 is 17.5 Å². The van der Waals surface area contributed by atoms with Crippen LogP contribution in [0.2, 0.25) is 0 Å². The zero-order valence-electron chi connectivity index (χ0n) is 15.8. The lowest BCUT2D eigenvalue weighted by Gasteiger charge is -2.32. The highest BCUT2D eigenvalue weighted by Crippen LogP contribution is 2.26. The number of ether oxygens (including phenoxy) is 1. The first-order chi connectivity index (χ1) is 13.9. The minimum Gasteiger partial charge on any atom is -0.497 e. The van der Waals surface area contributed by atoms with Gasteiger partial charge in [0.15, 0.2) is 0 Å². The van der Waals surface area contributed by atoms with Gasteiger partial charge in [0.05, 0.1) is 17.6 Å². The van der Waals surface area contributed by atoms with Crippen LogP contribution >= 0.6 is 0 Å². The number of carbonyl (C=O) groups is 2. The molecule has 152 valence electrons. The molecular formula is C20H20FN3O5. The molecule has 2 aromatic carbocycles. The molecule has 0 aliphatic carbocycles. The summed E-state index contributed by atoms with van der Waals surface area (Å²) in [6, 6.07) is 9.53. The number of carbonyl (C=O) groups excluding carboxylic acids is 2. The standard InChI is InChI=1S/C20H20FN3O5/c1-29-14-6-7-18(24(27)28)16(12-14)20(26)23-10-8-13(9-11-23)22-19(25)15-4-2-3-5-17(15)21/h2-7,12-13H,8-11H2,1H3,(H,22,25). The van der Waals surface area contributed by atoms with Crippen molar-refractivity contribution < 1.29 is 23.6 Å². The Hall–Kier alpha value is -3.49. The van der Waals surface area contributed by atoms with Crippen LogP contribution in [0.25, 0.3) is 0 Å². The van der Waals surface area contributed by atoms with Crippen LogP contribution in [0.5, 0.6) is 5.75 Å². The van der Waals surface area contributed by atoms with Gasteiger partial charge in [0.2, 0.25) is 0 Å². The second-order valence-electron chi connectivity index (χ2n) is 6.66. The van der Waals surface area contributed by atoms with E-state index in [1.807, 2.05) is 0 Å². The summed E-state index contributed by atoms with van der Waals surface area (Å²) in [5.74, 6) is -1.21. The Balaban J connectivity index is 1.65. The number of piperidine rings is 1. The fourth-order valence-electron chi connectivity index (χ4n) is 3.28. The Morgan fingerprint density at radius 1 is 1.17 bits per heavy atom. The van der Waals surface area contributed by atoms with Crippen molar-refractivity contribution in [2.75, 3.05) is 20.2 Å². The average Bonchev–Trinajstić information content (AvgIpc) is 2.73. The van der Waals surface area contributed by atoms with Crippen molar-refractivity contribution in [1.82, 2.24) is 10.2 Å². The summed E-state index contributed by atoms with van der Waals surface area (Å²) in [5, 5.41) is 14.0. The van der Waals surface area contributed by atoms with Crippen molar-refractivity contribution in [3.63, 3.8) is 0 Å². The van der Waals surface area contributed by atoms with Crippen LogP contribution < -0.4 is 10.1 Å². The lowest BCUT2D eigenvalue weighted by atomic mass is 10.0. The van der Waals surface area contributed by atoms with Gasteiger partial charge in [-0.15, -0.1) is 0 Å². The maximum absolute atomic E-state index is 13.7. The van der Waals surface area contributed by atoms with Crippen molar-refractivity contribution in [1.29, 1.82) is 0 Å². The molecule has 1 saturated heterocycles. The maximum atomic E-state index is 13.7. The number of benzene rings is 2. The first-order valence-electron chi connectivity index (χ1n) is 9.07. The Kier molecular flexibility index (Phi) is 6.06. The third-order valence-corrected chi connectivity index (χ3v) is 4.87. The summed E-state index contributed by atoms with van der Waals surface area (Å²) in [6.07, 6.45) is 0.924. The molecule has 1 heterocycles. The molecule has 0 saturated carbocycles. The van der Waals surface area contributed by atoms with Crippen LogP contribution in [0, 0.1) is 15.9 Å². The van der Waals surface area contributed by atoms with Crippen molar-refractivity contribution in [3.8, 4) is 5.75 Å². The van der Waals surface area contributed by atoms with Crippen molar-refractivity contribution in [2.45, 2.75) is 18.9 Å². The Labute approximate surface area is 166 Å². The van der Waals surface area contributed by atoms with Crippen LogP contribution in [0.1, 0.15) is 33.6 Å². The SMILES string of the molecule is COc1ccc([N+](=O)[O-])c(C(=O)N2CCC(NC(=O)c3ccccc3F)CC2)c1. The van der Waals surface area contributed by atoms with Crippen LogP contribution in [-0.4, -0.2) is 47.9 Å². The number of amides is 2. The predicted molar refractivity (Wildman–Crippen MR) is 102 cm³/mol. The first-order valence-corrected chi connectivity index (χ1v) is 9.07. The van der Waals surface area contributed by atoms with E-state index in [2.05, 4.69) is 5.32 Å². The lowest BCUT2D eigenvalue weighted by molar-refractivity contribution is -0.385. The normalized spacial score (nSPS) is 14.3. The molecule has 0 aromatic heterocycles. The Morgan fingerprint density at radius 2 is 1.86 bits per heavy atom. The fourth-order valence-corrected chi connectivity index (χ4v) is 3.28. The molecule has 1 N–H and O–H groups in total. The summed E-state index contributed by atoms with van der Waals surface area (Å²) in [5.41, 5.74) is -0.355. The fraction of sp³-hybridized carbons (Fsp3) is 0.300. The molecule has 3 rings (SSSR count). The van der Waals surface area contributed by atoms with E-state index in [9.17, 15) is 24.1 Å². The van der Waals surface area contributed by atoms with Crippen LogP contribution in [0.4, 0.5) is 10.1 Å². The van der Waals surface area contributed by atoms with Gasteiger partial charge in [-0.25, -0.2) is 4.39 Å². The quantitative estimate of drug-likeness (QED) is 0.613. The minimum absolute atomic E-state index is 0.0296. The van der Waals surface area contributed by atoms with Crippen molar-refractivity contribution in [2.24, 2.45) is 0 Å². The molecule has 1 aliphatic rings. The Bertz CT molecular complexity index is 941. The van der Waals surface area contributed by atoms with Gasteiger partial charge < -0.3 is 15.0 Å². The molecular weight excluding hydrogens is 381 g/mol. The molecule has 0 atom stereocenters. The number of methoxy groups -OCH3 is 1. The van der Waals surface area contributed by atoms with E-state index >= 15 is 0 Å². The molecule has 1 fully saturated rings. The topological polar surface area (TPSA) is 102 Å². The molecule has 2 aromatic rings. The van der Waals surface area contributed by atoms with Crippen LogP contribution in [0.15, 0.2) is 42.5 Å². The summed E-state index contributed by atoms with van der Waals surface area (Å²) in [6.45, 7) is 0.630. The molecule has 0 bridgehead atoms. The molecule has 8 nitrogen and oxygen atoms in total. The number of rotatable bonds is 5. The van der Waals surface area contributed by atoms with E-state index in [0.29, 0.717) is 31.7 Å². The summed E-state index contributed by atoms with van der Waals surface area (Å²) >= 11 is 0. The number of nitrogens with one attached hydrogen (secondary N) is 1. The second kappa shape index (κ2) is 8.68. The van der Waals surface area contributed by atoms with Gasteiger partial charge in [-0.3, -0.25) is 19.7 Å². The number of nitro groups is 1. The molecule has 1 aliphatic heterocycles. The van der Waals surface area contributed by atoms with E-state index < -0.39 is 22.6 Å². The van der Waals surface area contributed by atoms with E-state index in [0.717, 1.165) is 0 Å². The molecule has 0 radical (unpaired) electrons. The minimum atomic E-state index is -0.603. The van der Waals surface area contributed by atoms with Crippen LogP contribution in [0.3, 0.4) is 0 Å². The van der Waals surface area contributed by atoms with Crippen LogP contribution in [-0.2, 0) is 0 Å². The highest BCUT2D eigenvalue weighted by atomic mass is 19.1. The maximum Gasteiger partial charge on any atom is 0.282 e. The number of hydrogen-bond acceptors (Lipinski definition) is 5. The van der Waals surface area contributed by atoms with E-state index in [1.165, 1.54) is 48.4 Å². The van der Waals surface area contributed by atoms with Gasteiger partial charge in [-0.2, -0.15) is 0 Å². The number of hydrogen-bond donors (Lipinski definition) is 1. The van der Waals surface area contributed by atoms with Gasteiger partial charge >= 0.3 is 0 Å². The third kappa shape index (κ3) is 4.50. The number of nitrogens with zero attached hydrogens (tertiary/aromatic N) is 2. The molecule has 9 heteroatoms. The van der Waals surface area contributed by atoms with E-state index in [4.69, 9.17) is 4.74 Å². The lowest BCUT2D eigenvalue weighted by Crippen LogP contribution is -2.46. The number of likely N-dealkylation sites (tertiary alicyclic amines) is 1. The molecule has 0 unspecified atom stereocenters. The van der Waals surface area contributed by atoms with Gasteiger partial charge in [0, 0.05) is 25.2 Å². The highest BCUT2D eigenvalue weighted by molar-refractivity contribution is 5.98. The summed E-state index contributed by atoms with van der Waals surface area (Å²) < 4.78 is 18.8. The van der Waals surface area contributed by atoms with E-state index in [1.54, 1.807) is 6.07 Å². The molecule has 0 spiro atoms. The van der Waals surface area contributed by atoms with Gasteiger partial charge in [0.25, 0.3) is 17.5 Å². The zero-order valence-corrected chi connectivity index (χ0v) is 15.8. The van der Waals surface area contributed by atoms with Crippen molar-refractivity contribution in [3.05, 3.63) is 69.5 Å². The van der Waals surface area contributed by atoms with Gasteiger partial charge in [-0.1, -0.05) is 12.1 Å². The third-order valence-electron chi connectivity index (χ3n) is 4.87.